The van der Waals surface area contributed by atoms with Crippen molar-refractivity contribution in [3.8, 4) is 0 Å². The van der Waals surface area contributed by atoms with Crippen LogP contribution in [0.1, 0.15) is 12.6 Å². The zero-order chi connectivity index (χ0) is 11.7. The first-order valence-corrected chi connectivity index (χ1v) is 5.22. The molecule has 1 saturated heterocycles. The lowest BCUT2D eigenvalue weighted by atomic mass is 10.2. The van der Waals surface area contributed by atoms with E-state index in [0.29, 0.717) is 6.42 Å². The zero-order valence-electron chi connectivity index (χ0n) is 8.31. The van der Waals surface area contributed by atoms with Gasteiger partial charge >= 0.3 is 5.69 Å². The van der Waals surface area contributed by atoms with Crippen molar-refractivity contribution in [2.75, 3.05) is 5.73 Å². The van der Waals surface area contributed by atoms with Crippen LogP contribution < -0.4 is 11.4 Å². The number of aliphatic hydroxyl groups excluding tert-OH is 1. The zero-order valence-corrected chi connectivity index (χ0v) is 9.13. The summed E-state index contributed by atoms with van der Waals surface area (Å²) in [6, 6.07) is 1.50. The molecule has 1 aromatic rings. The van der Waals surface area contributed by atoms with Gasteiger partial charge in [0.15, 0.2) is 0 Å². The van der Waals surface area contributed by atoms with Crippen LogP contribution in [0.3, 0.4) is 0 Å². The molecule has 7 heteroatoms. The van der Waals surface area contributed by atoms with Crippen LogP contribution in [0.4, 0.5) is 5.82 Å². The lowest BCUT2D eigenvalue weighted by Crippen LogP contribution is -2.27. The molecule has 0 spiro atoms. The third kappa shape index (κ3) is 1.97. The van der Waals surface area contributed by atoms with E-state index in [1.807, 2.05) is 0 Å². The van der Waals surface area contributed by atoms with Gasteiger partial charge in [0.25, 0.3) is 0 Å². The summed E-state index contributed by atoms with van der Waals surface area (Å²) in [5, 5.41) is 10.9. The first kappa shape index (κ1) is 11.2. The summed E-state index contributed by atoms with van der Waals surface area (Å²) < 4.78 is 6.69. The molecule has 6 nitrogen and oxygen atoms in total. The van der Waals surface area contributed by atoms with Crippen LogP contribution in [-0.4, -0.2) is 32.2 Å². The van der Waals surface area contributed by atoms with Crippen molar-refractivity contribution < 1.29 is 9.84 Å². The summed E-state index contributed by atoms with van der Waals surface area (Å²) in [5.74, 6) is 0.158. The van der Waals surface area contributed by atoms with Crippen molar-refractivity contribution in [1.29, 1.82) is 0 Å². The molecule has 1 fully saturated rings. The minimum absolute atomic E-state index is 0.158. The quantitative estimate of drug-likeness (QED) is 0.677. The second kappa shape index (κ2) is 4.28. The fraction of sp³-hybridized carbons (Fsp3) is 0.444. The van der Waals surface area contributed by atoms with E-state index in [1.54, 1.807) is 0 Å². The smallest absolute Gasteiger partial charge is 0.351 e. The topological polar surface area (TPSA) is 90.4 Å². The minimum Gasteiger partial charge on any atom is -0.390 e. The molecule has 1 aliphatic heterocycles. The van der Waals surface area contributed by atoms with Gasteiger partial charge in [-0.2, -0.15) is 4.98 Å². The molecule has 0 saturated carbocycles. The number of hydrogen-bond donors (Lipinski definition) is 2. The Morgan fingerprint density at radius 3 is 3.06 bits per heavy atom. The Morgan fingerprint density at radius 1 is 1.75 bits per heavy atom. The molecule has 1 aromatic heterocycles. The average Bonchev–Trinajstić information content (AvgIpc) is 2.59. The summed E-state index contributed by atoms with van der Waals surface area (Å²) in [5.41, 5.74) is 4.87. The van der Waals surface area contributed by atoms with E-state index >= 15 is 0 Å². The highest BCUT2D eigenvalue weighted by molar-refractivity contribution is 7.79. The monoisotopic (exact) mass is 241 g/mol. The van der Waals surface area contributed by atoms with Gasteiger partial charge < -0.3 is 15.6 Å². The average molecular weight is 241 g/mol. The fourth-order valence-electron chi connectivity index (χ4n) is 1.62. The summed E-state index contributed by atoms with van der Waals surface area (Å²) in [4.78, 5) is 15.1. The molecule has 0 bridgehead atoms. The van der Waals surface area contributed by atoms with E-state index in [4.69, 9.17) is 22.7 Å². The normalized spacial score (nSPS) is 29.2. The van der Waals surface area contributed by atoms with E-state index in [9.17, 15) is 9.90 Å². The third-order valence-electron chi connectivity index (χ3n) is 2.43. The molecule has 0 aromatic carbocycles. The van der Waals surface area contributed by atoms with Crippen molar-refractivity contribution in [1.82, 2.24) is 9.55 Å². The molecule has 0 amide bonds. The van der Waals surface area contributed by atoms with Gasteiger partial charge in [0.05, 0.1) is 6.10 Å². The number of anilines is 1. The molecule has 3 atom stereocenters. The van der Waals surface area contributed by atoms with Gasteiger partial charge in [0, 0.05) is 18.0 Å². The molecular formula is C9H11N3O3S. The molecular weight excluding hydrogens is 230 g/mol. The molecule has 2 heterocycles. The Kier molecular flexibility index (Phi) is 2.99. The highest BCUT2D eigenvalue weighted by atomic mass is 32.1. The highest BCUT2D eigenvalue weighted by Gasteiger charge is 2.33. The van der Waals surface area contributed by atoms with E-state index in [1.165, 1.54) is 22.2 Å². The second-order valence-corrected chi connectivity index (χ2v) is 3.81. The molecule has 1 aliphatic rings. The third-order valence-corrected chi connectivity index (χ3v) is 2.70. The standard InChI is InChI=1S/C9H11N3O3S/c10-7-1-2-12(9(14)11-7)8-3-5(13)6(4-16)15-8/h1-2,4-6,8,13H,3H2,(H2,10,11,14)/t5-,6+,8+/m0/s1. The Bertz CT molecular complexity index is 462. The SMILES string of the molecule is Nc1ccn([C@H]2C[C@H](O)[C@@H](C=S)O2)c(=O)n1. The predicted octanol–water partition coefficient (Wildman–Crippen LogP) is -0.526. The fourth-order valence-corrected chi connectivity index (χ4v) is 1.86. The van der Waals surface area contributed by atoms with Crippen LogP contribution in [0.25, 0.3) is 0 Å². The minimum atomic E-state index is -0.688. The molecule has 0 aliphatic carbocycles. The van der Waals surface area contributed by atoms with Crippen molar-refractivity contribution in [2.45, 2.75) is 24.9 Å². The number of rotatable bonds is 2. The van der Waals surface area contributed by atoms with Gasteiger partial charge in [0.2, 0.25) is 0 Å². The Morgan fingerprint density at radius 2 is 2.50 bits per heavy atom. The number of ether oxygens (including phenoxy) is 1. The predicted molar refractivity (Wildman–Crippen MR) is 61.1 cm³/mol. The lowest BCUT2D eigenvalue weighted by molar-refractivity contribution is 0.0180. The summed E-state index contributed by atoms with van der Waals surface area (Å²) in [6.45, 7) is 0. The van der Waals surface area contributed by atoms with Crippen molar-refractivity contribution >= 4 is 23.4 Å². The van der Waals surface area contributed by atoms with Crippen LogP contribution in [0.5, 0.6) is 0 Å². The summed E-state index contributed by atoms with van der Waals surface area (Å²) in [7, 11) is 0. The first-order valence-electron chi connectivity index (χ1n) is 4.75. The number of aliphatic hydroxyl groups is 1. The summed E-state index contributed by atoms with van der Waals surface area (Å²) in [6.07, 6.45) is 0.0492. The molecule has 16 heavy (non-hydrogen) atoms. The van der Waals surface area contributed by atoms with Gasteiger partial charge in [-0.05, 0) is 6.07 Å². The van der Waals surface area contributed by atoms with Gasteiger partial charge in [0.1, 0.15) is 18.1 Å². The van der Waals surface area contributed by atoms with Crippen LogP contribution in [0, 0.1) is 0 Å². The van der Waals surface area contributed by atoms with Crippen LogP contribution in [-0.2, 0) is 4.74 Å². The van der Waals surface area contributed by atoms with E-state index in [-0.39, 0.29) is 5.82 Å². The van der Waals surface area contributed by atoms with Crippen LogP contribution >= 0.6 is 12.2 Å². The van der Waals surface area contributed by atoms with Gasteiger partial charge in [-0.15, -0.1) is 0 Å². The molecule has 0 radical (unpaired) electrons. The largest absolute Gasteiger partial charge is 0.390 e. The molecule has 86 valence electrons. The number of nitrogens with zero attached hydrogens (tertiary/aromatic N) is 2. The maximum atomic E-state index is 11.5. The first-order chi connectivity index (χ1) is 7.61. The number of thiocarbonyl (C=S) groups is 1. The van der Waals surface area contributed by atoms with E-state index in [0.717, 1.165) is 0 Å². The highest BCUT2D eigenvalue weighted by Crippen LogP contribution is 2.26. The Balaban J connectivity index is 2.26. The lowest BCUT2D eigenvalue weighted by Gasteiger charge is -2.12. The molecule has 0 unspecified atom stereocenters. The molecule has 2 rings (SSSR count). The van der Waals surface area contributed by atoms with Crippen molar-refractivity contribution in [2.24, 2.45) is 0 Å². The van der Waals surface area contributed by atoms with E-state index in [2.05, 4.69) is 4.98 Å². The van der Waals surface area contributed by atoms with E-state index < -0.39 is 24.1 Å². The Labute approximate surface area is 96.7 Å². The number of hydrogen-bond acceptors (Lipinski definition) is 6. The van der Waals surface area contributed by atoms with Crippen molar-refractivity contribution in [3.63, 3.8) is 0 Å². The van der Waals surface area contributed by atoms with Gasteiger partial charge in [-0.3, -0.25) is 4.57 Å². The maximum Gasteiger partial charge on any atom is 0.351 e. The van der Waals surface area contributed by atoms with Crippen LogP contribution in [0.15, 0.2) is 17.1 Å². The second-order valence-electron chi connectivity index (χ2n) is 3.54. The van der Waals surface area contributed by atoms with Crippen molar-refractivity contribution in [3.05, 3.63) is 22.7 Å². The summed E-state index contributed by atoms with van der Waals surface area (Å²) >= 11 is 4.71. The maximum absolute atomic E-state index is 11.5. The number of nitrogen functional groups attached to an aromatic ring is 1. The Hall–Kier alpha value is -1.31. The number of aromatic nitrogens is 2. The molecule has 3 N–H and O–H groups in total. The van der Waals surface area contributed by atoms with Gasteiger partial charge in [-0.1, -0.05) is 12.2 Å². The van der Waals surface area contributed by atoms with Crippen LogP contribution in [0.2, 0.25) is 0 Å². The number of nitrogens with two attached hydrogens (primary N) is 1. The van der Waals surface area contributed by atoms with Gasteiger partial charge in [-0.25, -0.2) is 4.79 Å².